The molecule has 0 unspecified atom stereocenters. The summed E-state index contributed by atoms with van der Waals surface area (Å²) in [6.07, 6.45) is 21.0. The standard InChI is InChI=1S/C26H47NO6/c1-2-3-4-5-6-7-8-9-10-11-12-13-14-15-16-17-24(28)27-20-21-32-22-23-33-26(31)19-18-25(29)30/h9-10H,2-8,11-23H2,1H3,(H,27,28)(H,29,30)/b10-9-. The van der Waals surface area contributed by atoms with Gasteiger partial charge in [-0.3, -0.25) is 14.4 Å². The fourth-order valence-electron chi connectivity index (χ4n) is 3.30. The van der Waals surface area contributed by atoms with Gasteiger partial charge in [-0.05, 0) is 32.1 Å². The predicted octanol–water partition coefficient (Wildman–Crippen LogP) is 5.56. The molecule has 0 saturated heterocycles. The van der Waals surface area contributed by atoms with Gasteiger partial charge in [0.15, 0.2) is 0 Å². The van der Waals surface area contributed by atoms with Crippen LogP contribution >= 0.6 is 0 Å². The molecule has 0 aromatic rings. The lowest BCUT2D eigenvalue weighted by Gasteiger charge is -2.07. The number of carboxylic acids is 1. The highest BCUT2D eigenvalue weighted by Crippen LogP contribution is 2.10. The summed E-state index contributed by atoms with van der Waals surface area (Å²) in [5.74, 6) is -1.54. The summed E-state index contributed by atoms with van der Waals surface area (Å²) in [5, 5.41) is 11.3. The fourth-order valence-corrected chi connectivity index (χ4v) is 3.30. The highest BCUT2D eigenvalue weighted by Gasteiger charge is 2.06. The van der Waals surface area contributed by atoms with Crippen LogP contribution in [-0.4, -0.2) is 49.3 Å². The maximum Gasteiger partial charge on any atom is 0.306 e. The maximum atomic E-state index is 11.8. The van der Waals surface area contributed by atoms with E-state index in [0.29, 0.717) is 19.6 Å². The quantitative estimate of drug-likeness (QED) is 0.109. The zero-order chi connectivity index (χ0) is 24.4. The molecule has 0 aromatic carbocycles. The second-order valence-electron chi connectivity index (χ2n) is 8.41. The number of amides is 1. The molecule has 0 saturated carbocycles. The number of ether oxygens (including phenoxy) is 2. The van der Waals surface area contributed by atoms with E-state index < -0.39 is 11.9 Å². The summed E-state index contributed by atoms with van der Waals surface area (Å²) in [6, 6.07) is 0. The smallest absolute Gasteiger partial charge is 0.306 e. The molecule has 1 amide bonds. The summed E-state index contributed by atoms with van der Waals surface area (Å²) >= 11 is 0. The van der Waals surface area contributed by atoms with Gasteiger partial charge < -0.3 is 19.9 Å². The van der Waals surface area contributed by atoms with E-state index in [1.54, 1.807) is 0 Å². The minimum atomic E-state index is -1.03. The Hall–Kier alpha value is -1.89. The third-order valence-electron chi connectivity index (χ3n) is 5.27. The largest absolute Gasteiger partial charge is 0.481 e. The van der Waals surface area contributed by atoms with Crippen LogP contribution in [0.3, 0.4) is 0 Å². The SMILES string of the molecule is CCCCCCCC/C=C\CCCCCCCC(=O)NCCOCCOC(=O)CCC(=O)O. The fraction of sp³-hybridized carbons (Fsp3) is 0.808. The van der Waals surface area contributed by atoms with Crippen molar-refractivity contribution in [3.8, 4) is 0 Å². The Morgan fingerprint density at radius 3 is 1.97 bits per heavy atom. The first kappa shape index (κ1) is 31.1. The van der Waals surface area contributed by atoms with E-state index in [1.165, 1.54) is 64.2 Å². The summed E-state index contributed by atoms with van der Waals surface area (Å²) in [6.45, 7) is 3.34. The first-order valence-electron chi connectivity index (χ1n) is 12.9. The van der Waals surface area contributed by atoms with E-state index >= 15 is 0 Å². The van der Waals surface area contributed by atoms with Crippen LogP contribution in [-0.2, 0) is 23.9 Å². The van der Waals surface area contributed by atoms with Crippen LogP contribution in [0.1, 0.15) is 110 Å². The van der Waals surface area contributed by atoms with Gasteiger partial charge in [-0.15, -0.1) is 0 Å². The Bertz CT molecular complexity index is 521. The van der Waals surface area contributed by atoms with Gasteiger partial charge in [-0.2, -0.15) is 0 Å². The van der Waals surface area contributed by atoms with Crippen molar-refractivity contribution >= 4 is 17.8 Å². The van der Waals surface area contributed by atoms with Crippen LogP contribution in [0.4, 0.5) is 0 Å². The molecule has 0 aliphatic heterocycles. The molecule has 0 spiro atoms. The molecular weight excluding hydrogens is 422 g/mol. The Morgan fingerprint density at radius 2 is 1.33 bits per heavy atom. The Kier molecular flexibility index (Phi) is 23.3. The zero-order valence-corrected chi connectivity index (χ0v) is 20.8. The van der Waals surface area contributed by atoms with E-state index in [2.05, 4.69) is 24.4 Å². The summed E-state index contributed by atoms with van der Waals surface area (Å²) < 4.78 is 10.1. The van der Waals surface area contributed by atoms with Crippen molar-refractivity contribution < 1.29 is 29.0 Å². The summed E-state index contributed by atoms with van der Waals surface area (Å²) in [4.78, 5) is 33.3. The molecule has 0 aliphatic rings. The van der Waals surface area contributed by atoms with Gasteiger partial charge in [0, 0.05) is 13.0 Å². The number of unbranched alkanes of at least 4 members (excludes halogenated alkanes) is 11. The number of hydrogen-bond acceptors (Lipinski definition) is 5. The number of nitrogens with one attached hydrogen (secondary N) is 1. The number of carboxylic acid groups (broad SMARTS) is 1. The van der Waals surface area contributed by atoms with E-state index in [9.17, 15) is 14.4 Å². The molecule has 0 aromatic heterocycles. The lowest BCUT2D eigenvalue weighted by molar-refractivity contribution is -0.148. The van der Waals surface area contributed by atoms with Crippen molar-refractivity contribution in [2.75, 3.05) is 26.4 Å². The Labute approximate surface area is 200 Å². The molecule has 2 N–H and O–H groups in total. The number of carbonyl (C=O) groups is 3. The van der Waals surface area contributed by atoms with Crippen LogP contribution in [0, 0.1) is 0 Å². The first-order chi connectivity index (χ1) is 16.1. The number of rotatable bonds is 24. The molecule has 0 atom stereocenters. The average Bonchev–Trinajstić information content (AvgIpc) is 2.79. The number of aliphatic carboxylic acids is 1. The van der Waals surface area contributed by atoms with Crippen molar-refractivity contribution in [2.45, 2.75) is 110 Å². The van der Waals surface area contributed by atoms with Crippen molar-refractivity contribution in [1.82, 2.24) is 5.32 Å². The first-order valence-corrected chi connectivity index (χ1v) is 12.9. The number of allylic oxidation sites excluding steroid dienone is 2. The molecule has 0 radical (unpaired) electrons. The van der Waals surface area contributed by atoms with E-state index in [-0.39, 0.29) is 32.0 Å². The molecule has 0 heterocycles. The maximum absolute atomic E-state index is 11.8. The number of carbonyl (C=O) groups excluding carboxylic acids is 2. The third-order valence-corrected chi connectivity index (χ3v) is 5.27. The van der Waals surface area contributed by atoms with Crippen LogP contribution in [0.15, 0.2) is 12.2 Å². The minimum Gasteiger partial charge on any atom is -0.481 e. The molecule has 192 valence electrons. The molecular formula is C26H47NO6. The van der Waals surface area contributed by atoms with Gasteiger partial charge in [-0.25, -0.2) is 0 Å². The lowest BCUT2D eigenvalue weighted by Crippen LogP contribution is -2.27. The van der Waals surface area contributed by atoms with Gasteiger partial charge in [0.05, 0.1) is 26.1 Å². The van der Waals surface area contributed by atoms with Gasteiger partial charge in [-0.1, -0.05) is 70.4 Å². The van der Waals surface area contributed by atoms with Crippen LogP contribution in [0.2, 0.25) is 0 Å². The predicted molar refractivity (Wildman–Crippen MR) is 131 cm³/mol. The third kappa shape index (κ3) is 26.2. The minimum absolute atomic E-state index is 0.0383. The Morgan fingerprint density at radius 1 is 0.727 bits per heavy atom. The normalized spacial score (nSPS) is 11.1. The number of esters is 1. The van der Waals surface area contributed by atoms with Crippen LogP contribution < -0.4 is 5.32 Å². The summed E-state index contributed by atoms with van der Waals surface area (Å²) in [7, 11) is 0. The molecule has 0 fully saturated rings. The van der Waals surface area contributed by atoms with Crippen LogP contribution in [0.5, 0.6) is 0 Å². The molecule has 0 rings (SSSR count). The highest BCUT2D eigenvalue weighted by atomic mass is 16.6. The molecule has 7 nitrogen and oxygen atoms in total. The molecule has 7 heteroatoms. The van der Waals surface area contributed by atoms with Crippen molar-refractivity contribution in [2.24, 2.45) is 0 Å². The molecule has 0 aliphatic carbocycles. The van der Waals surface area contributed by atoms with E-state index in [0.717, 1.165) is 19.3 Å². The second-order valence-corrected chi connectivity index (χ2v) is 8.41. The number of hydrogen-bond donors (Lipinski definition) is 2. The van der Waals surface area contributed by atoms with Crippen molar-refractivity contribution in [1.29, 1.82) is 0 Å². The van der Waals surface area contributed by atoms with Crippen molar-refractivity contribution in [3.63, 3.8) is 0 Å². The lowest BCUT2D eigenvalue weighted by atomic mass is 10.1. The van der Waals surface area contributed by atoms with E-state index in [1.807, 2.05) is 0 Å². The molecule has 0 bridgehead atoms. The topological polar surface area (TPSA) is 102 Å². The van der Waals surface area contributed by atoms with Crippen molar-refractivity contribution in [3.05, 3.63) is 12.2 Å². The highest BCUT2D eigenvalue weighted by molar-refractivity contribution is 5.76. The van der Waals surface area contributed by atoms with E-state index in [4.69, 9.17) is 14.6 Å². The monoisotopic (exact) mass is 469 g/mol. The second kappa shape index (κ2) is 24.7. The molecule has 33 heavy (non-hydrogen) atoms. The van der Waals surface area contributed by atoms with Crippen LogP contribution in [0.25, 0.3) is 0 Å². The van der Waals surface area contributed by atoms with Gasteiger partial charge in [0.2, 0.25) is 5.91 Å². The van der Waals surface area contributed by atoms with Gasteiger partial charge >= 0.3 is 11.9 Å². The van der Waals surface area contributed by atoms with Gasteiger partial charge in [0.25, 0.3) is 0 Å². The summed E-state index contributed by atoms with van der Waals surface area (Å²) in [5.41, 5.74) is 0. The van der Waals surface area contributed by atoms with Gasteiger partial charge in [0.1, 0.15) is 6.61 Å². The zero-order valence-electron chi connectivity index (χ0n) is 20.8. The average molecular weight is 470 g/mol. The Balaban J connectivity index is 3.29.